The predicted octanol–water partition coefficient (Wildman–Crippen LogP) is 4.95. The largest absolute Gasteiger partial charge is 0.444 e. The third-order valence-corrected chi connectivity index (χ3v) is 5.25. The summed E-state index contributed by atoms with van der Waals surface area (Å²) in [4.78, 5) is 40.7. The minimum atomic E-state index is -1.12. The van der Waals surface area contributed by atoms with Gasteiger partial charge in [0, 0.05) is 11.7 Å². The van der Waals surface area contributed by atoms with E-state index < -0.39 is 35.6 Å². The smallest absolute Gasteiger partial charge is 0.408 e. The number of carbonyl (C=O) groups is 3. The van der Waals surface area contributed by atoms with Gasteiger partial charge in [-0.1, -0.05) is 68.3 Å². The summed E-state index contributed by atoms with van der Waals surface area (Å²) in [5.41, 5.74) is 2.22. The summed E-state index contributed by atoms with van der Waals surface area (Å²) in [6.45, 7) is 12.5. The normalized spacial score (nSPS) is 12.8. The lowest BCUT2D eigenvalue weighted by atomic mass is 9.98. The van der Waals surface area contributed by atoms with Gasteiger partial charge in [-0.05, 0) is 57.7 Å². The Morgan fingerprint density at radius 1 is 1.03 bits per heavy atom. The van der Waals surface area contributed by atoms with Crippen molar-refractivity contribution in [1.82, 2.24) is 10.2 Å². The lowest BCUT2D eigenvalue weighted by molar-refractivity contribution is -0.137. The number of nitrogens with zero attached hydrogens (tertiary/aromatic N) is 1. The van der Waals surface area contributed by atoms with Crippen LogP contribution in [-0.2, 0) is 14.3 Å². The summed E-state index contributed by atoms with van der Waals surface area (Å²) in [5.74, 6) is -1.36. The Bertz CT molecular complexity index is 1110. The number of hydrogen-bond donors (Lipinski definition) is 2. The molecule has 7 nitrogen and oxygen atoms in total. The fraction of sp³-hybridized carbons (Fsp3) is 0.393. The van der Waals surface area contributed by atoms with Crippen LogP contribution >= 0.6 is 0 Å². The number of alkyl carbamates (subject to hydrolysis) is 1. The maximum atomic E-state index is 13.7. The van der Waals surface area contributed by atoms with E-state index in [-0.39, 0.29) is 5.92 Å². The van der Waals surface area contributed by atoms with Gasteiger partial charge in [0.2, 0.25) is 0 Å². The molecule has 0 heterocycles. The Hall–Kier alpha value is -3.79. The second-order valence-corrected chi connectivity index (χ2v) is 9.83. The van der Waals surface area contributed by atoms with Crippen LogP contribution in [0.15, 0.2) is 48.5 Å². The number of amides is 3. The van der Waals surface area contributed by atoms with Crippen LogP contribution in [0, 0.1) is 32.2 Å². The molecule has 7 heteroatoms. The van der Waals surface area contributed by atoms with Gasteiger partial charge < -0.3 is 15.4 Å². The van der Waals surface area contributed by atoms with Crippen LogP contribution in [0.5, 0.6) is 0 Å². The molecule has 0 radical (unpaired) electrons. The van der Waals surface area contributed by atoms with Crippen LogP contribution in [-0.4, -0.2) is 34.5 Å². The van der Waals surface area contributed by atoms with Crippen molar-refractivity contribution < 1.29 is 19.1 Å². The minimum absolute atomic E-state index is 0.316. The summed E-state index contributed by atoms with van der Waals surface area (Å²) in [6, 6.07) is 14.9. The van der Waals surface area contributed by atoms with Crippen LogP contribution in [0.4, 0.5) is 10.5 Å². The number of para-hydroxylation sites is 1. The van der Waals surface area contributed by atoms with Gasteiger partial charge in [-0.2, -0.15) is 0 Å². The van der Waals surface area contributed by atoms with Crippen LogP contribution in [0.25, 0.3) is 0 Å². The number of hydrogen-bond acceptors (Lipinski definition) is 4. The highest BCUT2D eigenvalue weighted by atomic mass is 16.6. The maximum Gasteiger partial charge on any atom is 0.408 e. The van der Waals surface area contributed by atoms with Crippen LogP contribution in [0.2, 0.25) is 0 Å². The second kappa shape index (κ2) is 11.6. The molecule has 0 aromatic heterocycles. The number of ether oxygens (including phenoxy) is 1. The molecule has 0 spiro atoms. The van der Waals surface area contributed by atoms with E-state index in [1.165, 1.54) is 0 Å². The number of rotatable bonds is 7. The summed E-state index contributed by atoms with van der Waals surface area (Å²) in [5, 5.41) is 5.52. The third-order valence-electron chi connectivity index (χ3n) is 5.25. The SMILES string of the molecule is C#CN(C(=O)C(NC(=O)OC(C)(C)C)C(C)C)C(C(=O)Nc1ccccc1C)c1cccc(C)c1. The molecular weight excluding hydrogens is 442 g/mol. The summed E-state index contributed by atoms with van der Waals surface area (Å²) >= 11 is 0. The molecule has 2 unspecified atom stereocenters. The van der Waals surface area contributed by atoms with E-state index in [1.54, 1.807) is 52.8 Å². The first kappa shape index (κ1) is 27.5. The topological polar surface area (TPSA) is 87.7 Å². The van der Waals surface area contributed by atoms with Gasteiger partial charge in [0.15, 0.2) is 0 Å². The first-order valence-corrected chi connectivity index (χ1v) is 11.6. The molecule has 0 bridgehead atoms. The van der Waals surface area contributed by atoms with E-state index in [0.29, 0.717) is 11.3 Å². The number of aryl methyl sites for hydroxylation is 2. The molecule has 0 saturated carbocycles. The van der Waals surface area contributed by atoms with Gasteiger partial charge in [0.1, 0.15) is 17.7 Å². The molecule has 0 fully saturated rings. The maximum absolute atomic E-state index is 13.7. The second-order valence-electron chi connectivity index (χ2n) is 9.83. The predicted molar refractivity (Wildman–Crippen MR) is 137 cm³/mol. The molecule has 2 rings (SSSR count). The Balaban J connectivity index is 2.46. The van der Waals surface area contributed by atoms with Gasteiger partial charge in [-0.3, -0.25) is 14.5 Å². The Morgan fingerprint density at radius 2 is 1.69 bits per heavy atom. The fourth-order valence-electron chi connectivity index (χ4n) is 3.54. The molecule has 2 atom stereocenters. The molecular formula is C28H35N3O4. The average Bonchev–Trinajstić information content (AvgIpc) is 2.75. The van der Waals surface area contributed by atoms with Crippen LogP contribution in [0.3, 0.4) is 0 Å². The van der Waals surface area contributed by atoms with Crippen molar-refractivity contribution in [2.45, 2.75) is 66.2 Å². The summed E-state index contributed by atoms with van der Waals surface area (Å²) in [7, 11) is 0. The van der Waals surface area contributed by atoms with Crippen LogP contribution in [0.1, 0.15) is 57.4 Å². The lowest BCUT2D eigenvalue weighted by Gasteiger charge is -2.32. The Labute approximate surface area is 208 Å². The van der Waals surface area contributed by atoms with Crippen molar-refractivity contribution in [3.05, 3.63) is 65.2 Å². The number of benzene rings is 2. The molecule has 0 saturated heterocycles. The van der Waals surface area contributed by atoms with Crippen molar-refractivity contribution in [3.8, 4) is 12.5 Å². The van der Waals surface area contributed by atoms with Gasteiger partial charge >= 0.3 is 6.09 Å². The monoisotopic (exact) mass is 477 g/mol. The van der Waals surface area contributed by atoms with E-state index in [9.17, 15) is 14.4 Å². The molecule has 3 amide bonds. The molecule has 0 aliphatic carbocycles. The standard InChI is InChI=1S/C28H35N3O4/c1-9-31(26(33)23(18(2)3)30-27(34)35-28(6,7)8)24(21-15-12-13-19(4)17-21)25(32)29-22-16-11-10-14-20(22)5/h1,10-18,23-24H,2-8H3,(H,29,32)(H,30,34). The lowest BCUT2D eigenvalue weighted by Crippen LogP contribution is -2.53. The van der Waals surface area contributed by atoms with Gasteiger partial charge in [0.25, 0.3) is 11.8 Å². The number of nitrogens with one attached hydrogen (secondary N) is 2. The highest BCUT2D eigenvalue weighted by molar-refractivity contribution is 6.00. The zero-order valence-corrected chi connectivity index (χ0v) is 21.5. The number of carbonyl (C=O) groups excluding carboxylic acids is 3. The molecule has 35 heavy (non-hydrogen) atoms. The van der Waals surface area contributed by atoms with Gasteiger partial charge in [0.05, 0.1) is 0 Å². The summed E-state index contributed by atoms with van der Waals surface area (Å²) in [6.07, 6.45) is 5.07. The minimum Gasteiger partial charge on any atom is -0.444 e. The Kier molecular flexibility index (Phi) is 9.07. The zero-order valence-electron chi connectivity index (χ0n) is 21.5. The average molecular weight is 478 g/mol. The first-order valence-electron chi connectivity index (χ1n) is 11.6. The van der Waals surface area contributed by atoms with Crippen molar-refractivity contribution in [2.75, 3.05) is 5.32 Å². The number of anilines is 1. The summed E-state index contributed by atoms with van der Waals surface area (Å²) < 4.78 is 5.33. The van der Waals surface area contributed by atoms with Crippen molar-refractivity contribution in [1.29, 1.82) is 0 Å². The molecule has 2 aromatic rings. The van der Waals surface area contributed by atoms with Crippen LogP contribution < -0.4 is 10.6 Å². The Morgan fingerprint density at radius 3 is 2.23 bits per heavy atom. The molecule has 186 valence electrons. The van der Waals surface area contributed by atoms with E-state index in [0.717, 1.165) is 16.0 Å². The number of terminal acetylenes is 1. The van der Waals surface area contributed by atoms with Crippen molar-refractivity contribution >= 4 is 23.6 Å². The molecule has 0 aliphatic heterocycles. The van der Waals surface area contributed by atoms with E-state index in [4.69, 9.17) is 11.2 Å². The fourth-order valence-corrected chi connectivity index (χ4v) is 3.54. The highest BCUT2D eigenvalue weighted by Crippen LogP contribution is 2.26. The first-order chi connectivity index (χ1) is 16.3. The van der Waals surface area contributed by atoms with Gasteiger partial charge in [-0.15, -0.1) is 0 Å². The van der Waals surface area contributed by atoms with Crippen molar-refractivity contribution in [2.24, 2.45) is 5.92 Å². The quantitative estimate of drug-likeness (QED) is 0.436. The zero-order chi connectivity index (χ0) is 26.3. The molecule has 2 aromatic carbocycles. The van der Waals surface area contributed by atoms with E-state index in [2.05, 4.69) is 16.7 Å². The molecule has 0 aliphatic rings. The van der Waals surface area contributed by atoms with Gasteiger partial charge in [-0.25, -0.2) is 4.79 Å². The highest BCUT2D eigenvalue weighted by Gasteiger charge is 2.37. The molecule has 2 N–H and O–H groups in total. The van der Waals surface area contributed by atoms with E-state index in [1.807, 2.05) is 44.2 Å². The van der Waals surface area contributed by atoms with Crippen molar-refractivity contribution in [3.63, 3.8) is 0 Å². The van der Waals surface area contributed by atoms with E-state index >= 15 is 0 Å². The third kappa shape index (κ3) is 7.61.